The first-order valence-corrected chi connectivity index (χ1v) is 11.1. The zero-order chi connectivity index (χ0) is 21.9. The minimum atomic E-state index is -0.239. The van der Waals surface area contributed by atoms with Gasteiger partial charge in [-0.15, -0.1) is 0 Å². The Labute approximate surface area is 188 Å². The molecule has 0 amide bonds. The monoisotopic (exact) mass is 426 g/mol. The number of aromatic nitrogens is 2. The summed E-state index contributed by atoms with van der Waals surface area (Å²) in [6.45, 7) is 4.86. The van der Waals surface area contributed by atoms with E-state index in [1.54, 1.807) is 6.07 Å². The molecule has 0 aliphatic carbocycles. The normalized spacial score (nSPS) is 15.2. The largest absolute Gasteiger partial charge is 0.304 e. The first-order chi connectivity index (χ1) is 15.7. The molecule has 0 saturated carbocycles. The fourth-order valence-corrected chi connectivity index (χ4v) is 4.22. The second-order valence-corrected chi connectivity index (χ2v) is 8.42. The molecule has 0 N–H and O–H groups in total. The molecule has 0 radical (unpaired) electrons. The lowest BCUT2D eigenvalue weighted by molar-refractivity contribution is 0.148. The summed E-state index contributed by atoms with van der Waals surface area (Å²) in [5.74, 6) is -0.239. The van der Waals surface area contributed by atoms with Gasteiger partial charge in [0, 0.05) is 50.0 Å². The molecule has 1 aliphatic heterocycles. The van der Waals surface area contributed by atoms with Gasteiger partial charge in [0.25, 0.3) is 0 Å². The molecule has 0 atom stereocenters. The average molecular weight is 427 g/mol. The second kappa shape index (κ2) is 9.07. The van der Waals surface area contributed by atoms with Crippen LogP contribution >= 0.6 is 0 Å². The predicted octanol–water partition coefficient (Wildman–Crippen LogP) is 5.09. The van der Waals surface area contributed by atoms with Crippen molar-refractivity contribution in [3.63, 3.8) is 0 Å². The van der Waals surface area contributed by atoms with Crippen molar-refractivity contribution in [1.29, 1.82) is 0 Å². The Morgan fingerprint density at radius 2 is 1.44 bits per heavy atom. The molecule has 1 saturated heterocycles. The Morgan fingerprint density at radius 1 is 0.781 bits per heavy atom. The summed E-state index contributed by atoms with van der Waals surface area (Å²) in [4.78, 5) is 4.76. The standard InChI is InChI=1S/C27H27FN4/c1-30-15-17-31(18-16-30)19-23-20-32(29-27(23)25-9-5-6-10-26(25)28)24-13-11-22(12-14-24)21-7-3-2-4-8-21/h2-14,20H,15-19H2,1H3. The summed E-state index contributed by atoms with van der Waals surface area (Å²) in [5, 5.41) is 4.83. The fraction of sp³-hybridized carbons (Fsp3) is 0.222. The van der Waals surface area contributed by atoms with Crippen molar-refractivity contribution in [2.24, 2.45) is 0 Å². The van der Waals surface area contributed by atoms with Crippen LogP contribution in [0.1, 0.15) is 5.56 Å². The zero-order valence-corrected chi connectivity index (χ0v) is 18.3. The van der Waals surface area contributed by atoms with E-state index in [1.807, 2.05) is 35.0 Å². The Morgan fingerprint density at radius 3 is 2.16 bits per heavy atom. The number of halogens is 1. The summed E-state index contributed by atoms with van der Waals surface area (Å²) in [5.41, 5.74) is 5.62. The van der Waals surface area contributed by atoms with Crippen LogP contribution in [0.25, 0.3) is 28.1 Å². The van der Waals surface area contributed by atoms with E-state index < -0.39 is 0 Å². The SMILES string of the molecule is CN1CCN(Cc2cn(-c3ccc(-c4ccccc4)cc3)nc2-c2ccccc2F)CC1. The second-order valence-electron chi connectivity index (χ2n) is 8.42. The first kappa shape index (κ1) is 20.6. The van der Waals surface area contributed by atoms with Crippen molar-refractivity contribution in [1.82, 2.24) is 19.6 Å². The van der Waals surface area contributed by atoms with Gasteiger partial charge in [0.15, 0.2) is 0 Å². The van der Waals surface area contributed by atoms with Gasteiger partial charge in [0.05, 0.1) is 5.69 Å². The van der Waals surface area contributed by atoms with Crippen LogP contribution in [-0.2, 0) is 6.54 Å². The van der Waals surface area contributed by atoms with Crippen LogP contribution in [0.4, 0.5) is 4.39 Å². The summed E-state index contributed by atoms with van der Waals surface area (Å²) >= 11 is 0. The van der Waals surface area contributed by atoms with E-state index in [0.717, 1.165) is 49.5 Å². The third-order valence-electron chi connectivity index (χ3n) is 6.15. The average Bonchev–Trinajstić information content (AvgIpc) is 3.25. The number of piperazine rings is 1. The Bertz CT molecular complexity index is 1180. The molecular weight excluding hydrogens is 399 g/mol. The third-order valence-corrected chi connectivity index (χ3v) is 6.15. The molecule has 1 fully saturated rings. The Kier molecular flexibility index (Phi) is 5.84. The molecular formula is C27H27FN4. The van der Waals surface area contributed by atoms with Gasteiger partial charge in [0.2, 0.25) is 0 Å². The summed E-state index contributed by atoms with van der Waals surface area (Å²) < 4.78 is 16.5. The van der Waals surface area contributed by atoms with Gasteiger partial charge in [-0.05, 0) is 42.4 Å². The number of nitrogens with zero attached hydrogens (tertiary/aromatic N) is 4. The molecule has 2 heterocycles. The maximum atomic E-state index is 14.7. The topological polar surface area (TPSA) is 24.3 Å². The van der Waals surface area contributed by atoms with Crippen LogP contribution in [0.2, 0.25) is 0 Å². The maximum absolute atomic E-state index is 14.7. The molecule has 1 aromatic heterocycles. The number of benzene rings is 3. The van der Waals surface area contributed by atoms with Crippen molar-refractivity contribution in [3.05, 3.63) is 96.4 Å². The van der Waals surface area contributed by atoms with Crippen LogP contribution in [0.5, 0.6) is 0 Å². The third kappa shape index (κ3) is 4.35. The van der Waals surface area contributed by atoms with E-state index in [1.165, 1.54) is 11.6 Å². The minimum absolute atomic E-state index is 0.239. The van der Waals surface area contributed by atoms with Gasteiger partial charge in [-0.2, -0.15) is 5.10 Å². The van der Waals surface area contributed by atoms with E-state index in [-0.39, 0.29) is 5.82 Å². The van der Waals surface area contributed by atoms with E-state index >= 15 is 0 Å². The molecule has 0 bridgehead atoms. The fourth-order valence-electron chi connectivity index (χ4n) is 4.22. The maximum Gasteiger partial charge on any atom is 0.132 e. The van der Waals surface area contributed by atoms with Crippen LogP contribution in [0.3, 0.4) is 0 Å². The Hall–Kier alpha value is -3.28. The lowest BCUT2D eigenvalue weighted by Gasteiger charge is -2.32. The van der Waals surface area contributed by atoms with Crippen molar-refractivity contribution in [3.8, 4) is 28.1 Å². The van der Waals surface area contributed by atoms with Crippen LogP contribution in [0, 0.1) is 5.82 Å². The minimum Gasteiger partial charge on any atom is -0.304 e. The highest BCUT2D eigenvalue weighted by Gasteiger charge is 2.20. The van der Waals surface area contributed by atoms with E-state index in [0.29, 0.717) is 11.3 Å². The predicted molar refractivity (Wildman–Crippen MR) is 127 cm³/mol. The molecule has 5 rings (SSSR count). The zero-order valence-electron chi connectivity index (χ0n) is 18.3. The van der Waals surface area contributed by atoms with Gasteiger partial charge in [-0.25, -0.2) is 9.07 Å². The van der Waals surface area contributed by atoms with E-state index in [9.17, 15) is 4.39 Å². The van der Waals surface area contributed by atoms with Crippen LogP contribution in [0.15, 0.2) is 85.1 Å². The molecule has 162 valence electrons. The van der Waals surface area contributed by atoms with E-state index in [4.69, 9.17) is 5.10 Å². The van der Waals surface area contributed by atoms with Crippen molar-refractivity contribution in [2.75, 3.05) is 33.2 Å². The highest BCUT2D eigenvalue weighted by Crippen LogP contribution is 2.28. The lowest BCUT2D eigenvalue weighted by Crippen LogP contribution is -2.43. The molecule has 4 aromatic rings. The number of likely N-dealkylation sites (N-methyl/N-ethyl adjacent to an activating group) is 1. The highest BCUT2D eigenvalue weighted by molar-refractivity contribution is 5.66. The molecule has 1 aliphatic rings. The highest BCUT2D eigenvalue weighted by atomic mass is 19.1. The van der Waals surface area contributed by atoms with Gasteiger partial charge >= 0.3 is 0 Å². The quantitative estimate of drug-likeness (QED) is 0.444. The van der Waals surface area contributed by atoms with Crippen molar-refractivity contribution < 1.29 is 4.39 Å². The molecule has 5 heteroatoms. The number of hydrogen-bond donors (Lipinski definition) is 0. The van der Waals surface area contributed by atoms with Gasteiger partial charge in [-0.3, -0.25) is 4.90 Å². The van der Waals surface area contributed by atoms with Crippen LogP contribution < -0.4 is 0 Å². The van der Waals surface area contributed by atoms with Gasteiger partial charge in [-0.1, -0.05) is 54.6 Å². The van der Waals surface area contributed by atoms with Crippen molar-refractivity contribution in [2.45, 2.75) is 6.54 Å². The molecule has 4 nitrogen and oxygen atoms in total. The summed E-state index contributed by atoms with van der Waals surface area (Å²) in [6.07, 6.45) is 2.05. The summed E-state index contributed by atoms with van der Waals surface area (Å²) in [6, 6.07) is 25.6. The van der Waals surface area contributed by atoms with Gasteiger partial charge in [0.1, 0.15) is 11.5 Å². The number of hydrogen-bond acceptors (Lipinski definition) is 3. The summed E-state index contributed by atoms with van der Waals surface area (Å²) in [7, 11) is 2.15. The van der Waals surface area contributed by atoms with Crippen molar-refractivity contribution >= 4 is 0 Å². The Balaban J connectivity index is 1.48. The molecule has 32 heavy (non-hydrogen) atoms. The van der Waals surface area contributed by atoms with Crippen LogP contribution in [-0.4, -0.2) is 52.8 Å². The molecule has 0 unspecified atom stereocenters. The first-order valence-electron chi connectivity index (χ1n) is 11.1. The van der Waals surface area contributed by atoms with E-state index in [2.05, 4.69) is 59.4 Å². The molecule has 0 spiro atoms. The smallest absolute Gasteiger partial charge is 0.132 e. The van der Waals surface area contributed by atoms with Gasteiger partial charge < -0.3 is 4.90 Å². The lowest BCUT2D eigenvalue weighted by atomic mass is 10.1. The number of rotatable bonds is 5. The molecule has 3 aromatic carbocycles.